The predicted molar refractivity (Wildman–Crippen MR) is 82.5 cm³/mol. The standard InChI is InChI=1S/C12H11F2N3O2S3/c13-10(14)19-8-3-1-2-7(4-8)5-20-11-16-17-12(22-11)21-6-9(15)18/h1-4,10H,5-6H2,(H2,15,18). The second-order valence-corrected chi connectivity index (χ2v) is 7.33. The number of carbonyl (C=O) groups excluding carboxylic acids is 1. The van der Waals surface area contributed by atoms with E-state index in [0.717, 1.165) is 9.90 Å². The first-order valence-corrected chi connectivity index (χ1v) is 8.73. The van der Waals surface area contributed by atoms with Crippen molar-refractivity contribution in [2.75, 3.05) is 5.75 Å². The quantitative estimate of drug-likeness (QED) is 0.727. The van der Waals surface area contributed by atoms with Gasteiger partial charge in [0.15, 0.2) is 8.68 Å². The number of ether oxygens (including phenoxy) is 1. The Hall–Kier alpha value is -1.39. The summed E-state index contributed by atoms with van der Waals surface area (Å²) in [6.07, 6.45) is 0. The molecule has 0 fully saturated rings. The van der Waals surface area contributed by atoms with E-state index in [0.29, 0.717) is 10.1 Å². The second-order valence-electron chi connectivity index (χ2n) is 3.90. The van der Waals surface area contributed by atoms with Crippen molar-refractivity contribution in [3.05, 3.63) is 29.8 Å². The van der Waals surface area contributed by atoms with E-state index < -0.39 is 12.5 Å². The second kappa shape index (κ2) is 8.30. The Balaban J connectivity index is 1.88. The molecule has 0 aliphatic carbocycles. The molecule has 118 valence electrons. The number of primary amides is 1. The van der Waals surface area contributed by atoms with Gasteiger partial charge in [-0.1, -0.05) is 47.0 Å². The Labute approximate surface area is 137 Å². The van der Waals surface area contributed by atoms with Crippen LogP contribution in [0.5, 0.6) is 5.75 Å². The highest BCUT2D eigenvalue weighted by atomic mass is 32.2. The van der Waals surface area contributed by atoms with Crippen molar-refractivity contribution in [2.45, 2.75) is 21.0 Å². The van der Waals surface area contributed by atoms with E-state index in [-0.39, 0.29) is 11.5 Å². The summed E-state index contributed by atoms with van der Waals surface area (Å²) in [6.45, 7) is -2.84. The number of thioether (sulfide) groups is 2. The number of nitrogens with zero attached hydrogens (tertiary/aromatic N) is 2. The maximum atomic E-state index is 12.2. The molecule has 0 unspecified atom stereocenters. The van der Waals surface area contributed by atoms with Crippen LogP contribution in [0.1, 0.15) is 5.56 Å². The molecule has 10 heteroatoms. The number of alkyl halides is 2. The minimum Gasteiger partial charge on any atom is -0.435 e. The van der Waals surface area contributed by atoms with E-state index in [9.17, 15) is 13.6 Å². The van der Waals surface area contributed by atoms with Crippen LogP contribution in [0, 0.1) is 0 Å². The molecule has 1 aromatic heterocycles. The van der Waals surface area contributed by atoms with Gasteiger partial charge in [-0.15, -0.1) is 10.2 Å². The first-order valence-electron chi connectivity index (χ1n) is 5.94. The lowest BCUT2D eigenvalue weighted by Gasteiger charge is -2.05. The highest BCUT2D eigenvalue weighted by Gasteiger charge is 2.08. The number of halogens is 2. The third kappa shape index (κ3) is 5.78. The summed E-state index contributed by atoms with van der Waals surface area (Å²) < 4.78 is 30.1. The fraction of sp³-hybridized carbons (Fsp3) is 0.250. The van der Waals surface area contributed by atoms with Crippen LogP contribution in [0.25, 0.3) is 0 Å². The lowest BCUT2D eigenvalue weighted by molar-refractivity contribution is -0.115. The number of hydrogen-bond donors (Lipinski definition) is 1. The van der Waals surface area contributed by atoms with Crippen molar-refractivity contribution >= 4 is 40.8 Å². The van der Waals surface area contributed by atoms with Crippen molar-refractivity contribution in [3.8, 4) is 5.75 Å². The van der Waals surface area contributed by atoms with Crippen molar-refractivity contribution in [1.29, 1.82) is 0 Å². The lowest BCUT2D eigenvalue weighted by Crippen LogP contribution is -2.12. The minimum absolute atomic E-state index is 0.128. The van der Waals surface area contributed by atoms with E-state index in [1.807, 2.05) is 6.07 Å². The molecule has 0 spiro atoms. The summed E-state index contributed by atoms with van der Waals surface area (Å²) in [5, 5.41) is 7.92. The third-order valence-electron chi connectivity index (χ3n) is 2.21. The summed E-state index contributed by atoms with van der Waals surface area (Å²) in [5.74, 6) is 0.426. The van der Waals surface area contributed by atoms with Crippen LogP contribution < -0.4 is 10.5 Å². The molecular weight excluding hydrogens is 352 g/mol. The Morgan fingerprint density at radius 2 is 2.05 bits per heavy atom. The summed E-state index contributed by atoms with van der Waals surface area (Å²) >= 11 is 4.02. The van der Waals surface area contributed by atoms with Gasteiger partial charge in [0, 0.05) is 5.75 Å². The van der Waals surface area contributed by atoms with Crippen LogP contribution in [-0.4, -0.2) is 28.5 Å². The number of rotatable bonds is 8. The third-order valence-corrected chi connectivity index (χ3v) is 5.50. The molecule has 2 aromatic rings. The Kier molecular flexibility index (Phi) is 6.40. The number of amides is 1. The molecule has 5 nitrogen and oxygen atoms in total. The summed E-state index contributed by atoms with van der Waals surface area (Å²) in [6, 6.07) is 6.50. The zero-order valence-electron chi connectivity index (χ0n) is 11.1. The van der Waals surface area contributed by atoms with Crippen LogP contribution >= 0.6 is 34.9 Å². The molecule has 2 rings (SSSR count). The summed E-state index contributed by atoms with van der Waals surface area (Å²) in [4.78, 5) is 10.7. The topological polar surface area (TPSA) is 78.1 Å². The molecule has 1 heterocycles. The summed E-state index contributed by atoms with van der Waals surface area (Å²) in [5.41, 5.74) is 5.89. The van der Waals surface area contributed by atoms with E-state index in [1.54, 1.807) is 12.1 Å². The van der Waals surface area contributed by atoms with Crippen molar-refractivity contribution < 1.29 is 18.3 Å². The average Bonchev–Trinajstić information content (AvgIpc) is 2.90. The van der Waals surface area contributed by atoms with Crippen molar-refractivity contribution in [2.24, 2.45) is 5.73 Å². The largest absolute Gasteiger partial charge is 0.435 e. The van der Waals surface area contributed by atoms with Gasteiger partial charge in [-0.3, -0.25) is 4.79 Å². The highest BCUT2D eigenvalue weighted by molar-refractivity contribution is 8.03. The molecule has 1 aromatic carbocycles. The normalized spacial score (nSPS) is 10.9. The maximum Gasteiger partial charge on any atom is 0.387 e. The molecular formula is C12H11F2N3O2S3. The molecule has 0 aliphatic heterocycles. The van der Waals surface area contributed by atoms with Gasteiger partial charge in [0.2, 0.25) is 5.91 Å². The predicted octanol–water partition coefficient (Wildman–Crippen LogP) is 3.01. The molecule has 0 radical (unpaired) electrons. The van der Waals surface area contributed by atoms with Gasteiger partial charge >= 0.3 is 6.61 Å². The fourth-order valence-electron chi connectivity index (χ4n) is 1.40. The molecule has 2 N–H and O–H groups in total. The summed E-state index contributed by atoms with van der Waals surface area (Å²) in [7, 11) is 0. The maximum absolute atomic E-state index is 12.2. The zero-order chi connectivity index (χ0) is 15.9. The average molecular weight is 363 g/mol. The number of hydrogen-bond acceptors (Lipinski definition) is 7. The number of benzene rings is 1. The Bertz CT molecular complexity index is 640. The number of carbonyl (C=O) groups is 1. The van der Waals surface area contributed by atoms with Gasteiger partial charge in [-0.25, -0.2) is 0 Å². The molecule has 0 saturated carbocycles. The molecule has 0 bridgehead atoms. The van der Waals surface area contributed by atoms with Gasteiger partial charge in [-0.2, -0.15) is 8.78 Å². The van der Waals surface area contributed by atoms with E-state index in [2.05, 4.69) is 14.9 Å². The SMILES string of the molecule is NC(=O)CSc1nnc(SCc2cccc(OC(F)F)c2)s1. The monoisotopic (exact) mass is 363 g/mol. The van der Waals surface area contributed by atoms with Crippen LogP contribution in [-0.2, 0) is 10.5 Å². The first kappa shape index (κ1) is 17.0. The van der Waals surface area contributed by atoms with E-state index in [1.165, 1.54) is 40.9 Å². The van der Waals surface area contributed by atoms with Gasteiger partial charge in [0.05, 0.1) is 5.75 Å². The van der Waals surface area contributed by atoms with Gasteiger partial charge in [-0.05, 0) is 17.7 Å². The number of nitrogens with two attached hydrogens (primary N) is 1. The van der Waals surface area contributed by atoms with Crippen molar-refractivity contribution in [3.63, 3.8) is 0 Å². The van der Waals surface area contributed by atoms with Gasteiger partial charge in [0.25, 0.3) is 0 Å². The van der Waals surface area contributed by atoms with Gasteiger partial charge in [0.1, 0.15) is 5.75 Å². The minimum atomic E-state index is -2.84. The first-order chi connectivity index (χ1) is 10.5. The van der Waals surface area contributed by atoms with Gasteiger partial charge < -0.3 is 10.5 Å². The molecule has 1 amide bonds. The molecule has 0 atom stereocenters. The van der Waals surface area contributed by atoms with Crippen LogP contribution in [0.3, 0.4) is 0 Å². The van der Waals surface area contributed by atoms with Crippen LogP contribution in [0.15, 0.2) is 32.9 Å². The van der Waals surface area contributed by atoms with Crippen LogP contribution in [0.4, 0.5) is 8.78 Å². The van der Waals surface area contributed by atoms with E-state index in [4.69, 9.17) is 5.73 Å². The van der Waals surface area contributed by atoms with Crippen molar-refractivity contribution in [1.82, 2.24) is 10.2 Å². The highest BCUT2D eigenvalue weighted by Crippen LogP contribution is 2.31. The van der Waals surface area contributed by atoms with Crippen LogP contribution in [0.2, 0.25) is 0 Å². The fourth-order valence-corrected chi connectivity index (χ4v) is 4.11. The smallest absolute Gasteiger partial charge is 0.387 e. The Morgan fingerprint density at radius 3 is 2.73 bits per heavy atom. The molecule has 0 aliphatic rings. The Morgan fingerprint density at radius 1 is 1.32 bits per heavy atom. The lowest BCUT2D eigenvalue weighted by atomic mass is 10.2. The molecule has 0 saturated heterocycles. The number of aromatic nitrogens is 2. The zero-order valence-corrected chi connectivity index (χ0v) is 13.5. The molecule has 22 heavy (non-hydrogen) atoms. The van der Waals surface area contributed by atoms with E-state index >= 15 is 0 Å².